The van der Waals surface area contributed by atoms with E-state index in [1.165, 1.54) is 6.07 Å². The summed E-state index contributed by atoms with van der Waals surface area (Å²) in [6, 6.07) is 12.3. The molecule has 2 aliphatic heterocycles. The monoisotopic (exact) mass is 623 g/mol. The van der Waals surface area contributed by atoms with Gasteiger partial charge in [-0.05, 0) is 43.5 Å². The van der Waals surface area contributed by atoms with Crippen molar-refractivity contribution in [1.29, 1.82) is 0 Å². The minimum absolute atomic E-state index is 0.0279. The first-order valence-corrected chi connectivity index (χ1v) is 15.0. The van der Waals surface area contributed by atoms with Crippen molar-refractivity contribution in [2.45, 2.75) is 44.6 Å². The molecule has 2 aromatic carbocycles. The molecule has 2 heterocycles. The molecule has 13 nitrogen and oxygen atoms in total. The van der Waals surface area contributed by atoms with Gasteiger partial charge in [0.15, 0.2) is 0 Å². The molecule has 2 aromatic rings. The summed E-state index contributed by atoms with van der Waals surface area (Å²) in [6.07, 6.45) is 2.42. The van der Waals surface area contributed by atoms with Crippen LogP contribution in [0.1, 0.15) is 69.6 Å². The zero-order chi connectivity index (χ0) is 32.0. The van der Waals surface area contributed by atoms with Crippen molar-refractivity contribution in [2.24, 2.45) is 0 Å². The van der Waals surface area contributed by atoms with E-state index in [1.807, 2.05) is 6.07 Å². The number of ether oxygens (including phenoxy) is 4. The number of carbonyl (C=O) groups excluding carboxylic acids is 6. The SMILES string of the molecule is O=C1CCC(N2C(=O)c3cccc(NC(=O)CCCCCOCCOCCOCCOC(=O)c4ccccc4)c3C2=O)C(=O)N1. The number of unbranched alkanes of at least 4 members (excludes halogenated alkanes) is 2. The number of esters is 1. The van der Waals surface area contributed by atoms with Gasteiger partial charge in [-0.25, -0.2) is 4.79 Å². The Balaban J connectivity index is 1.02. The fourth-order valence-corrected chi connectivity index (χ4v) is 4.89. The van der Waals surface area contributed by atoms with Crippen LogP contribution in [-0.2, 0) is 33.3 Å². The molecule has 45 heavy (non-hydrogen) atoms. The van der Waals surface area contributed by atoms with E-state index >= 15 is 0 Å². The van der Waals surface area contributed by atoms with Crippen LogP contribution in [0.5, 0.6) is 0 Å². The molecule has 240 valence electrons. The number of amides is 5. The molecular formula is C32H37N3O10. The Morgan fingerprint density at radius 2 is 1.47 bits per heavy atom. The molecule has 2 N–H and O–H groups in total. The molecule has 0 aliphatic carbocycles. The largest absolute Gasteiger partial charge is 0.460 e. The molecule has 1 unspecified atom stereocenters. The van der Waals surface area contributed by atoms with Crippen LogP contribution in [0.4, 0.5) is 5.69 Å². The summed E-state index contributed by atoms with van der Waals surface area (Å²) in [5, 5.41) is 4.88. The second kappa shape index (κ2) is 17.1. The maximum atomic E-state index is 13.1. The van der Waals surface area contributed by atoms with Crippen molar-refractivity contribution in [3.8, 4) is 0 Å². The Labute approximate surface area is 260 Å². The second-order valence-corrected chi connectivity index (χ2v) is 10.4. The zero-order valence-corrected chi connectivity index (χ0v) is 24.9. The Morgan fingerprint density at radius 3 is 2.18 bits per heavy atom. The molecule has 5 amide bonds. The fourth-order valence-electron chi connectivity index (χ4n) is 4.89. The number of carbonyl (C=O) groups is 6. The third-order valence-electron chi connectivity index (χ3n) is 7.15. The molecule has 2 aliphatic rings. The van der Waals surface area contributed by atoms with Gasteiger partial charge in [-0.15, -0.1) is 0 Å². The summed E-state index contributed by atoms with van der Waals surface area (Å²) in [5.74, 6) is -3.12. The van der Waals surface area contributed by atoms with Crippen molar-refractivity contribution in [3.05, 3.63) is 65.2 Å². The first kappa shape index (κ1) is 33.4. The normalized spacial score (nSPS) is 16.0. The Hall–Kier alpha value is -4.46. The third kappa shape index (κ3) is 9.51. The van der Waals surface area contributed by atoms with Crippen LogP contribution in [-0.4, -0.2) is 92.7 Å². The Morgan fingerprint density at radius 1 is 0.778 bits per heavy atom. The van der Waals surface area contributed by atoms with Gasteiger partial charge >= 0.3 is 5.97 Å². The second-order valence-electron chi connectivity index (χ2n) is 10.4. The highest BCUT2D eigenvalue weighted by Crippen LogP contribution is 2.32. The maximum Gasteiger partial charge on any atom is 0.338 e. The summed E-state index contributed by atoms with van der Waals surface area (Å²) in [5.41, 5.74) is 0.870. The van der Waals surface area contributed by atoms with Gasteiger partial charge in [0.1, 0.15) is 12.6 Å². The average Bonchev–Trinajstić information content (AvgIpc) is 3.29. The fraction of sp³-hybridized carbons (Fsp3) is 0.438. The lowest BCUT2D eigenvalue weighted by Crippen LogP contribution is -2.54. The van der Waals surface area contributed by atoms with Gasteiger partial charge in [0, 0.05) is 19.4 Å². The Kier molecular flexibility index (Phi) is 12.7. The maximum absolute atomic E-state index is 13.1. The van der Waals surface area contributed by atoms with Gasteiger partial charge in [0.05, 0.1) is 55.4 Å². The lowest BCUT2D eigenvalue weighted by molar-refractivity contribution is -0.136. The first-order valence-electron chi connectivity index (χ1n) is 15.0. The number of fused-ring (bicyclic) bond motifs is 1. The minimum Gasteiger partial charge on any atom is -0.460 e. The van der Waals surface area contributed by atoms with Crippen molar-refractivity contribution in [3.63, 3.8) is 0 Å². The van der Waals surface area contributed by atoms with E-state index in [0.717, 1.165) is 17.7 Å². The van der Waals surface area contributed by atoms with E-state index < -0.39 is 29.7 Å². The molecule has 1 saturated heterocycles. The third-order valence-corrected chi connectivity index (χ3v) is 7.15. The quantitative estimate of drug-likeness (QED) is 0.143. The van der Waals surface area contributed by atoms with E-state index in [-0.39, 0.29) is 61.2 Å². The number of nitrogens with zero attached hydrogens (tertiary/aromatic N) is 1. The van der Waals surface area contributed by atoms with Crippen molar-refractivity contribution in [2.75, 3.05) is 51.6 Å². The number of hydrogen-bond donors (Lipinski definition) is 2. The first-order chi connectivity index (χ1) is 21.9. The minimum atomic E-state index is -1.07. The van der Waals surface area contributed by atoms with Crippen LogP contribution in [0, 0.1) is 0 Å². The van der Waals surface area contributed by atoms with E-state index in [0.29, 0.717) is 45.0 Å². The summed E-state index contributed by atoms with van der Waals surface area (Å²) in [4.78, 5) is 75.1. The molecule has 4 rings (SSSR count). The molecular weight excluding hydrogens is 586 g/mol. The summed E-state index contributed by atoms with van der Waals surface area (Å²) >= 11 is 0. The predicted octanol–water partition coefficient (Wildman–Crippen LogP) is 2.49. The van der Waals surface area contributed by atoms with Crippen LogP contribution in [0.25, 0.3) is 0 Å². The number of benzene rings is 2. The number of imide groups is 2. The van der Waals surface area contributed by atoms with Gasteiger partial charge < -0.3 is 24.3 Å². The molecule has 1 fully saturated rings. The van der Waals surface area contributed by atoms with Crippen LogP contribution in [0.3, 0.4) is 0 Å². The van der Waals surface area contributed by atoms with E-state index in [2.05, 4.69) is 10.6 Å². The molecule has 0 aromatic heterocycles. The average molecular weight is 624 g/mol. The number of anilines is 1. The van der Waals surface area contributed by atoms with Gasteiger partial charge in [-0.1, -0.05) is 30.7 Å². The van der Waals surface area contributed by atoms with E-state index in [4.69, 9.17) is 18.9 Å². The lowest BCUT2D eigenvalue weighted by Gasteiger charge is -2.27. The summed E-state index contributed by atoms with van der Waals surface area (Å²) in [7, 11) is 0. The molecule has 0 spiro atoms. The topological polar surface area (TPSA) is 167 Å². The van der Waals surface area contributed by atoms with Crippen molar-refractivity contribution >= 4 is 41.2 Å². The lowest BCUT2D eigenvalue weighted by atomic mass is 10.0. The molecule has 0 saturated carbocycles. The summed E-state index contributed by atoms with van der Waals surface area (Å²) in [6.45, 7) is 2.58. The predicted molar refractivity (Wildman–Crippen MR) is 159 cm³/mol. The smallest absolute Gasteiger partial charge is 0.338 e. The van der Waals surface area contributed by atoms with Crippen LogP contribution < -0.4 is 10.6 Å². The van der Waals surface area contributed by atoms with E-state index in [9.17, 15) is 28.8 Å². The number of nitrogens with one attached hydrogen (secondary N) is 2. The van der Waals surface area contributed by atoms with Crippen LogP contribution in [0.15, 0.2) is 48.5 Å². The van der Waals surface area contributed by atoms with Gasteiger partial charge in [0.25, 0.3) is 11.8 Å². The number of hydrogen-bond acceptors (Lipinski definition) is 10. The van der Waals surface area contributed by atoms with Crippen LogP contribution in [0.2, 0.25) is 0 Å². The Bertz CT molecular complexity index is 1380. The zero-order valence-electron chi connectivity index (χ0n) is 24.9. The highest BCUT2D eigenvalue weighted by Gasteiger charge is 2.45. The van der Waals surface area contributed by atoms with Crippen molar-refractivity contribution < 1.29 is 47.7 Å². The van der Waals surface area contributed by atoms with E-state index in [1.54, 1.807) is 36.4 Å². The molecule has 0 radical (unpaired) electrons. The molecule has 1 atom stereocenters. The van der Waals surface area contributed by atoms with Gasteiger partial charge in [-0.3, -0.25) is 34.2 Å². The van der Waals surface area contributed by atoms with Gasteiger partial charge in [0.2, 0.25) is 17.7 Å². The standard InChI is InChI=1S/C32H37N3O10/c36-26(33-24-11-7-10-23-28(24)31(40)35(30(23)39)25-13-14-27(37)34-29(25)38)12-5-2-6-15-42-16-17-43-18-19-44-20-21-45-32(41)22-8-3-1-4-9-22/h1,3-4,7-11,25H,2,5-6,12-21H2,(H,33,36)(H,34,37,38). The van der Waals surface area contributed by atoms with Gasteiger partial charge in [-0.2, -0.15) is 0 Å². The highest BCUT2D eigenvalue weighted by molar-refractivity contribution is 6.26. The summed E-state index contributed by atoms with van der Waals surface area (Å²) < 4.78 is 21.5. The van der Waals surface area contributed by atoms with Crippen molar-refractivity contribution in [1.82, 2.24) is 10.2 Å². The highest BCUT2D eigenvalue weighted by atomic mass is 16.6. The number of rotatable bonds is 18. The number of piperidine rings is 1. The van der Waals surface area contributed by atoms with Crippen LogP contribution >= 0.6 is 0 Å². The molecule has 0 bridgehead atoms. The molecule has 13 heteroatoms.